The van der Waals surface area contributed by atoms with Gasteiger partial charge in [0.2, 0.25) is 0 Å². The molecule has 5 rings (SSSR count). The Labute approximate surface area is 232 Å². The Balaban J connectivity index is 1.39. The van der Waals surface area contributed by atoms with Crippen LogP contribution in [0.3, 0.4) is 0 Å². The molecule has 0 aromatic carbocycles. The Morgan fingerprint density at radius 1 is 0.921 bits per heavy atom. The smallest absolute Gasteiger partial charge is 0.108 e. The predicted molar refractivity (Wildman–Crippen MR) is 151 cm³/mol. The molecule has 3 N–H and O–H groups in total. The van der Waals surface area contributed by atoms with E-state index in [1.165, 1.54) is 38.5 Å². The maximum atomic E-state index is 11.9. The van der Waals surface area contributed by atoms with E-state index in [4.69, 9.17) is 9.47 Å². The molecule has 38 heavy (non-hydrogen) atoms. The zero-order chi connectivity index (χ0) is 28.1. The van der Waals surface area contributed by atoms with Gasteiger partial charge in [-0.3, -0.25) is 0 Å². The molecule has 5 heteroatoms. The fourth-order valence-electron chi connectivity index (χ4n) is 12.1. The second-order valence-electron chi connectivity index (χ2n) is 16.1. The molecule has 5 nitrogen and oxygen atoms in total. The van der Waals surface area contributed by atoms with E-state index in [-0.39, 0.29) is 34.6 Å². The van der Waals surface area contributed by atoms with Gasteiger partial charge < -0.3 is 24.8 Å². The topological polar surface area (TPSA) is 79.2 Å². The van der Waals surface area contributed by atoms with E-state index in [0.717, 1.165) is 19.3 Å². The highest BCUT2D eigenvalue weighted by molar-refractivity contribution is 5.31. The zero-order valence-corrected chi connectivity index (χ0v) is 25.8. The maximum Gasteiger partial charge on any atom is 0.108 e. The van der Waals surface area contributed by atoms with Crippen LogP contribution in [0.15, 0.2) is 0 Å². The van der Waals surface area contributed by atoms with E-state index >= 15 is 0 Å². The molecule has 5 saturated carbocycles. The second-order valence-corrected chi connectivity index (χ2v) is 16.1. The quantitative estimate of drug-likeness (QED) is 0.357. The lowest BCUT2D eigenvalue weighted by Gasteiger charge is -2.63. The molecular weight excluding hydrogens is 476 g/mol. The van der Waals surface area contributed by atoms with Crippen LogP contribution in [0.25, 0.3) is 0 Å². The van der Waals surface area contributed by atoms with Crippen LogP contribution in [0.5, 0.6) is 0 Å². The average Bonchev–Trinajstić information content (AvgIpc) is 3.47. The third-order valence-electron chi connectivity index (χ3n) is 14.4. The van der Waals surface area contributed by atoms with Gasteiger partial charge >= 0.3 is 0 Å². The molecule has 5 aliphatic rings. The standard InChI is InChI=1S/C33H58O5/c1-10-38-29(5,6)27(36)22(37-9)17-20(2)21-18-26(35)31(8)24-12-11-23-28(3,4)25(34)13-14-32(23)19-33(24,32)16-15-30(21,31)7/h20-27,34-36H,10-19H2,1-9H3/t20-,21?,22?,23+,24+,25+,26+,27-,30-,31-,32-,33?/m1/s1. The highest BCUT2D eigenvalue weighted by atomic mass is 16.5. The molecule has 12 atom stereocenters. The molecule has 0 aromatic rings. The van der Waals surface area contributed by atoms with Crippen molar-refractivity contribution in [2.24, 2.45) is 50.7 Å². The molecule has 0 amide bonds. The summed E-state index contributed by atoms with van der Waals surface area (Å²) in [6.45, 7) is 18.3. The third-order valence-corrected chi connectivity index (χ3v) is 14.4. The molecule has 0 aliphatic heterocycles. The summed E-state index contributed by atoms with van der Waals surface area (Å²) < 4.78 is 11.8. The molecule has 0 aromatic heterocycles. The van der Waals surface area contributed by atoms with E-state index < -0.39 is 11.7 Å². The van der Waals surface area contributed by atoms with Crippen molar-refractivity contribution in [3.8, 4) is 0 Å². The van der Waals surface area contributed by atoms with Crippen molar-refractivity contribution in [1.29, 1.82) is 0 Å². The lowest BCUT2D eigenvalue weighted by Crippen LogP contribution is -2.59. The highest BCUT2D eigenvalue weighted by Gasteiger charge is 2.83. The van der Waals surface area contributed by atoms with Crippen LogP contribution in [-0.4, -0.2) is 59.1 Å². The summed E-state index contributed by atoms with van der Waals surface area (Å²) in [4.78, 5) is 0. The van der Waals surface area contributed by atoms with E-state index in [0.29, 0.717) is 41.1 Å². The Kier molecular flexibility index (Phi) is 7.05. The molecule has 0 saturated heterocycles. The van der Waals surface area contributed by atoms with E-state index in [1.54, 1.807) is 7.11 Å². The molecule has 220 valence electrons. The lowest BCUT2D eigenvalue weighted by molar-refractivity contribution is -0.183. The number of ether oxygens (including phenoxy) is 2. The summed E-state index contributed by atoms with van der Waals surface area (Å²) in [5.41, 5.74) is 0.0343. The van der Waals surface area contributed by atoms with Crippen molar-refractivity contribution in [3.05, 3.63) is 0 Å². The molecule has 0 bridgehead atoms. The molecular formula is C33H58O5. The average molecular weight is 535 g/mol. The summed E-state index contributed by atoms with van der Waals surface area (Å²) in [6, 6.07) is 0. The minimum atomic E-state index is -0.707. The molecule has 0 radical (unpaired) electrons. The van der Waals surface area contributed by atoms with Gasteiger partial charge in [0.1, 0.15) is 6.10 Å². The van der Waals surface area contributed by atoms with Gasteiger partial charge in [-0.15, -0.1) is 0 Å². The van der Waals surface area contributed by atoms with Crippen molar-refractivity contribution in [3.63, 3.8) is 0 Å². The van der Waals surface area contributed by atoms with Gasteiger partial charge in [0, 0.05) is 19.1 Å². The summed E-state index contributed by atoms with van der Waals surface area (Å²) in [5, 5.41) is 34.1. The van der Waals surface area contributed by atoms with Crippen LogP contribution in [0.4, 0.5) is 0 Å². The normalized spacial score (nSPS) is 49.7. The first kappa shape index (κ1) is 29.3. The van der Waals surface area contributed by atoms with Crippen LogP contribution in [-0.2, 0) is 9.47 Å². The fourth-order valence-corrected chi connectivity index (χ4v) is 12.1. The fraction of sp³-hybridized carbons (Fsp3) is 1.00. The number of rotatable bonds is 8. The first-order valence-electron chi connectivity index (χ1n) is 15.8. The van der Waals surface area contributed by atoms with Crippen LogP contribution < -0.4 is 0 Å². The number of aliphatic hydroxyl groups excluding tert-OH is 3. The molecule has 5 aliphatic carbocycles. The SMILES string of the molecule is CCOC(C)(C)[C@H](O)C(C[C@@H](C)C1C[C@H](O)[C@@]2(C)[C@@H]3CC[C@H]4C(C)(C)[C@@H](O)CC[C@@]45CC35CC[C@]12C)OC. The van der Waals surface area contributed by atoms with Gasteiger partial charge in [0.25, 0.3) is 0 Å². The minimum Gasteiger partial charge on any atom is -0.393 e. The lowest BCUT2D eigenvalue weighted by atomic mass is 9.41. The van der Waals surface area contributed by atoms with Gasteiger partial charge in [-0.1, -0.05) is 34.6 Å². The van der Waals surface area contributed by atoms with Gasteiger partial charge in [0.15, 0.2) is 0 Å². The van der Waals surface area contributed by atoms with Gasteiger partial charge in [0.05, 0.1) is 23.9 Å². The van der Waals surface area contributed by atoms with E-state index in [1.807, 2.05) is 20.8 Å². The monoisotopic (exact) mass is 534 g/mol. The summed E-state index contributed by atoms with van der Waals surface area (Å²) >= 11 is 0. The summed E-state index contributed by atoms with van der Waals surface area (Å²) in [5.74, 6) is 1.89. The maximum absolute atomic E-state index is 11.9. The molecule has 5 fully saturated rings. The largest absolute Gasteiger partial charge is 0.393 e. The number of fused-ring (bicyclic) bond motifs is 2. The van der Waals surface area contributed by atoms with Gasteiger partial charge in [-0.25, -0.2) is 0 Å². The van der Waals surface area contributed by atoms with Crippen LogP contribution >= 0.6 is 0 Å². The molecule has 0 heterocycles. The number of hydrogen-bond donors (Lipinski definition) is 3. The number of aliphatic hydroxyl groups is 3. The second kappa shape index (κ2) is 9.15. The van der Waals surface area contributed by atoms with E-state index in [2.05, 4.69) is 34.6 Å². The van der Waals surface area contributed by atoms with Gasteiger partial charge in [-0.05, 0) is 124 Å². The Morgan fingerprint density at radius 3 is 2.18 bits per heavy atom. The Bertz CT molecular complexity index is 902. The van der Waals surface area contributed by atoms with Crippen molar-refractivity contribution in [2.75, 3.05) is 13.7 Å². The van der Waals surface area contributed by atoms with E-state index in [9.17, 15) is 15.3 Å². The summed E-state index contributed by atoms with van der Waals surface area (Å²) in [7, 11) is 1.70. The summed E-state index contributed by atoms with van der Waals surface area (Å²) in [6.07, 6.45) is 8.40. The number of hydrogen-bond acceptors (Lipinski definition) is 5. The Morgan fingerprint density at radius 2 is 1.55 bits per heavy atom. The minimum absolute atomic E-state index is 0.00894. The predicted octanol–water partition coefficient (Wildman–Crippen LogP) is 5.97. The van der Waals surface area contributed by atoms with Crippen molar-refractivity contribution >= 4 is 0 Å². The first-order valence-corrected chi connectivity index (χ1v) is 15.8. The Hall–Kier alpha value is -0.200. The molecule has 3 unspecified atom stereocenters. The van der Waals surface area contributed by atoms with Crippen molar-refractivity contribution < 1.29 is 24.8 Å². The number of methoxy groups -OCH3 is 1. The van der Waals surface area contributed by atoms with Crippen LogP contribution in [0, 0.1) is 50.7 Å². The van der Waals surface area contributed by atoms with Crippen LogP contribution in [0.2, 0.25) is 0 Å². The first-order chi connectivity index (χ1) is 17.6. The van der Waals surface area contributed by atoms with Crippen LogP contribution in [0.1, 0.15) is 113 Å². The zero-order valence-electron chi connectivity index (χ0n) is 25.8. The van der Waals surface area contributed by atoms with Crippen molar-refractivity contribution in [2.45, 2.75) is 143 Å². The molecule has 2 spiro atoms. The highest BCUT2D eigenvalue weighted by Crippen LogP contribution is 2.89. The van der Waals surface area contributed by atoms with Gasteiger partial charge in [-0.2, -0.15) is 0 Å². The third kappa shape index (κ3) is 3.60. The van der Waals surface area contributed by atoms with Crippen molar-refractivity contribution in [1.82, 2.24) is 0 Å².